The summed E-state index contributed by atoms with van der Waals surface area (Å²) in [5, 5.41) is 4.19. The molecule has 2 heterocycles. The van der Waals surface area contributed by atoms with Gasteiger partial charge in [0.15, 0.2) is 0 Å². The number of carbonyl (C=O) groups is 1. The van der Waals surface area contributed by atoms with Gasteiger partial charge in [-0.25, -0.2) is 4.68 Å². The summed E-state index contributed by atoms with van der Waals surface area (Å²) >= 11 is 0. The van der Waals surface area contributed by atoms with Crippen molar-refractivity contribution in [2.24, 2.45) is 0 Å². The van der Waals surface area contributed by atoms with Crippen LogP contribution in [0.15, 0.2) is 17.1 Å². The lowest BCUT2D eigenvalue weighted by Gasteiger charge is -2.33. The molecule has 116 valence electrons. The van der Waals surface area contributed by atoms with Gasteiger partial charge in [-0.05, 0) is 13.5 Å². The number of nitrogens with zero attached hydrogens (tertiary/aromatic N) is 4. The highest BCUT2D eigenvalue weighted by molar-refractivity contribution is 5.68. The Morgan fingerprint density at radius 1 is 1.33 bits per heavy atom. The molecule has 21 heavy (non-hydrogen) atoms. The van der Waals surface area contributed by atoms with Crippen LogP contribution in [-0.4, -0.2) is 61.0 Å². The zero-order valence-electron chi connectivity index (χ0n) is 12.6. The molecule has 1 fully saturated rings. The fraction of sp³-hybridized carbons (Fsp3) is 0.643. The number of carbonyl (C=O) groups excluding carboxylic acids is 1. The molecule has 1 aromatic heterocycles. The van der Waals surface area contributed by atoms with Crippen LogP contribution in [0.3, 0.4) is 0 Å². The van der Waals surface area contributed by atoms with Crippen molar-refractivity contribution in [1.82, 2.24) is 14.7 Å². The number of anilines is 1. The van der Waals surface area contributed by atoms with Crippen LogP contribution in [0, 0.1) is 0 Å². The number of aromatic nitrogens is 2. The SMILES string of the molecule is COC(=O)CCCn1ncc(N2CCN(C)CC2)cc1=O. The molecule has 0 N–H and O–H groups in total. The first-order valence-electron chi connectivity index (χ1n) is 7.17. The molecule has 0 amide bonds. The normalized spacial score (nSPS) is 16.0. The third-order valence-corrected chi connectivity index (χ3v) is 3.70. The molecule has 0 saturated carbocycles. The number of hydrogen-bond donors (Lipinski definition) is 0. The summed E-state index contributed by atoms with van der Waals surface area (Å²) in [6.45, 7) is 4.22. The number of ether oxygens (including phenoxy) is 1. The molecular formula is C14H22N4O3. The molecule has 0 unspecified atom stereocenters. The third-order valence-electron chi connectivity index (χ3n) is 3.70. The molecule has 1 saturated heterocycles. The lowest BCUT2D eigenvalue weighted by molar-refractivity contribution is -0.140. The van der Waals surface area contributed by atoms with Gasteiger partial charge in [0.05, 0.1) is 19.0 Å². The van der Waals surface area contributed by atoms with Gasteiger partial charge in [0.1, 0.15) is 0 Å². The first kappa shape index (κ1) is 15.5. The summed E-state index contributed by atoms with van der Waals surface area (Å²) in [4.78, 5) is 27.5. The Hall–Kier alpha value is -1.89. The first-order chi connectivity index (χ1) is 10.1. The van der Waals surface area contributed by atoms with Crippen LogP contribution in [0.5, 0.6) is 0 Å². The number of likely N-dealkylation sites (N-methyl/N-ethyl adjacent to an activating group) is 1. The second-order valence-electron chi connectivity index (χ2n) is 5.25. The summed E-state index contributed by atoms with van der Waals surface area (Å²) in [6.07, 6.45) is 2.57. The Kier molecular flexibility index (Phi) is 5.32. The van der Waals surface area contributed by atoms with E-state index in [4.69, 9.17) is 0 Å². The number of piperazine rings is 1. The minimum absolute atomic E-state index is 0.128. The molecule has 0 atom stereocenters. The number of aryl methyl sites for hydroxylation is 1. The first-order valence-corrected chi connectivity index (χ1v) is 7.17. The van der Waals surface area contributed by atoms with Crippen LogP contribution >= 0.6 is 0 Å². The highest BCUT2D eigenvalue weighted by Gasteiger charge is 2.15. The summed E-state index contributed by atoms with van der Waals surface area (Å²) in [5.41, 5.74) is 0.744. The number of esters is 1. The largest absolute Gasteiger partial charge is 0.469 e. The van der Waals surface area contributed by atoms with Crippen molar-refractivity contribution in [2.75, 3.05) is 45.2 Å². The Bertz CT molecular complexity index is 535. The highest BCUT2D eigenvalue weighted by atomic mass is 16.5. The predicted octanol–water partition coefficient (Wildman–Crippen LogP) is -0.0517. The monoisotopic (exact) mass is 294 g/mol. The number of rotatable bonds is 5. The van der Waals surface area contributed by atoms with E-state index in [-0.39, 0.29) is 11.5 Å². The van der Waals surface area contributed by atoms with Crippen molar-refractivity contribution in [1.29, 1.82) is 0 Å². The average Bonchev–Trinajstić information content (AvgIpc) is 2.49. The van der Waals surface area contributed by atoms with Crippen LogP contribution in [-0.2, 0) is 16.1 Å². The highest BCUT2D eigenvalue weighted by Crippen LogP contribution is 2.12. The molecular weight excluding hydrogens is 272 g/mol. The summed E-state index contributed by atoms with van der Waals surface area (Å²) in [5.74, 6) is -0.267. The van der Waals surface area contributed by atoms with Crippen LogP contribution in [0.1, 0.15) is 12.8 Å². The van der Waals surface area contributed by atoms with E-state index in [1.54, 1.807) is 12.3 Å². The van der Waals surface area contributed by atoms with E-state index >= 15 is 0 Å². The van der Waals surface area contributed by atoms with Gasteiger partial charge < -0.3 is 14.5 Å². The molecule has 0 aromatic carbocycles. The topological polar surface area (TPSA) is 67.7 Å². The summed E-state index contributed by atoms with van der Waals surface area (Å²) in [6, 6.07) is 1.62. The molecule has 0 aliphatic carbocycles. The zero-order valence-corrected chi connectivity index (χ0v) is 12.6. The minimum Gasteiger partial charge on any atom is -0.469 e. The van der Waals surface area contributed by atoms with Crippen molar-refractivity contribution in [3.8, 4) is 0 Å². The lowest BCUT2D eigenvalue weighted by Crippen LogP contribution is -2.45. The average molecular weight is 294 g/mol. The minimum atomic E-state index is -0.267. The molecule has 1 aliphatic rings. The maximum Gasteiger partial charge on any atom is 0.305 e. The van der Waals surface area contributed by atoms with Crippen LogP contribution in [0.25, 0.3) is 0 Å². The molecule has 7 nitrogen and oxygen atoms in total. The van der Waals surface area contributed by atoms with Gasteiger partial charge in [0.2, 0.25) is 0 Å². The van der Waals surface area contributed by atoms with Gasteiger partial charge in [-0.15, -0.1) is 0 Å². The summed E-state index contributed by atoms with van der Waals surface area (Å²) < 4.78 is 5.96. The maximum atomic E-state index is 12.0. The molecule has 0 spiro atoms. The van der Waals surface area contributed by atoms with E-state index in [1.807, 2.05) is 0 Å². The summed E-state index contributed by atoms with van der Waals surface area (Å²) in [7, 11) is 3.45. The van der Waals surface area contributed by atoms with Crippen LogP contribution in [0.2, 0.25) is 0 Å². The third kappa shape index (κ3) is 4.29. The van der Waals surface area contributed by atoms with Crippen molar-refractivity contribution < 1.29 is 9.53 Å². The van der Waals surface area contributed by atoms with Crippen molar-refractivity contribution in [3.05, 3.63) is 22.6 Å². The maximum absolute atomic E-state index is 12.0. The van der Waals surface area contributed by atoms with E-state index in [9.17, 15) is 9.59 Å². The van der Waals surface area contributed by atoms with Gasteiger partial charge >= 0.3 is 5.97 Å². The van der Waals surface area contributed by atoms with Gasteiger partial charge in [0, 0.05) is 45.2 Å². The zero-order chi connectivity index (χ0) is 15.2. The van der Waals surface area contributed by atoms with E-state index in [1.165, 1.54) is 11.8 Å². The van der Waals surface area contributed by atoms with E-state index < -0.39 is 0 Å². The van der Waals surface area contributed by atoms with E-state index in [0.717, 1.165) is 31.9 Å². The number of methoxy groups -OCH3 is 1. The van der Waals surface area contributed by atoms with E-state index in [0.29, 0.717) is 19.4 Å². The Balaban J connectivity index is 1.94. The number of hydrogen-bond acceptors (Lipinski definition) is 6. The second-order valence-corrected chi connectivity index (χ2v) is 5.25. The Morgan fingerprint density at radius 3 is 2.67 bits per heavy atom. The lowest BCUT2D eigenvalue weighted by atomic mass is 10.3. The fourth-order valence-corrected chi connectivity index (χ4v) is 2.30. The van der Waals surface area contributed by atoms with Crippen LogP contribution in [0.4, 0.5) is 5.69 Å². The van der Waals surface area contributed by atoms with Gasteiger partial charge in [-0.3, -0.25) is 9.59 Å². The quantitative estimate of drug-likeness (QED) is 0.709. The van der Waals surface area contributed by atoms with Crippen molar-refractivity contribution in [2.45, 2.75) is 19.4 Å². The molecule has 1 aliphatic heterocycles. The fourth-order valence-electron chi connectivity index (χ4n) is 2.30. The Labute approximate surface area is 124 Å². The van der Waals surface area contributed by atoms with E-state index in [2.05, 4.69) is 26.7 Å². The van der Waals surface area contributed by atoms with Crippen LogP contribution < -0.4 is 10.5 Å². The molecule has 0 radical (unpaired) electrons. The van der Waals surface area contributed by atoms with Crippen molar-refractivity contribution >= 4 is 11.7 Å². The molecule has 1 aromatic rings. The Morgan fingerprint density at radius 2 is 2.05 bits per heavy atom. The van der Waals surface area contributed by atoms with Crippen molar-refractivity contribution in [3.63, 3.8) is 0 Å². The van der Waals surface area contributed by atoms with Gasteiger partial charge in [-0.1, -0.05) is 0 Å². The molecule has 7 heteroatoms. The van der Waals surface area contributed by atoms with Gasteiger partial charge in [-0.2, -0.15) is 5.10 Å². The predicted molar refractivity (Wildman–Crippen MR) is 79.5 cm³/mol. The standard InChI is InChI=1S/C14H22N4O3/c1-16-6-8-17(9-7-16)12-10-13(19)18(15-11-12)5-3-4-14(20)21-2/h10-11H,3-9H2,1-2H3. The smallest absolute Gasteiger partial charge is 0.305 e. The molecule has 2 rings (SSSR count). The molecule has 0 bridgehead atoms. The second kappa shape index (κ2) is 7.21. The van der Waals surface area contributed by atoms with Gasteiger partial charge in [0.25, 0.3) is 5.56 Å².